The maximum absolute atomic E-state index is 13.0. The van der Waals surface area contributed by atoms with Gasteiger partial charge >= 0.3 is 0 Å². The van der Waals surface area contributed by atoms with Crippen molar-refractivity contribution < 1.29 is 13.7 Å². The number of nitrogens with one attached hydrogen (secondary N) is 1. The molecule has 0 aliphatic rings. The summed E-state index contributed by atoms with van der Waals surface area (Å²) in [6.45, 7) is 3.63. The Bertz CT molecular complexity index is 1010. The number of nitrogens with zero attached hydrogens (tertiary/aromatic N) is 1. The molecule has 1 aromatic heterocycles. The van der Waals surface area contributed by atoms with E-state index in [0.29, 0.717) is 22.6 Å². The van der Waals surface area contributed by atoms with Crippen LogP contribution in [0.5, 0.6) is 0 Å². The molecule has 0 bridgehead atoms. The summed E-state index contributed by atoms with van der Waals surface area (Å²) >= 11 is 0. The van der Waals surface area contributed by atoms with Gasteiger partial charge < -0.3 is 9.84 Å². The van der Waals surface area contributed by atoms with E-state index in [9.17, 15) is 9.18 Å². The number of rotatable bonds is 2. The minimum absolute atomic E-state index is 0.289. The van der Waals surface area contributed by atoms with E-state index in [0.717, 1.165) is 16.6 Å². The first-order chi connectivity index (χ1) is 12.4. The summed E-state index contributed by atoms with van der Waals surface area (Å²) < 4.78 is 18.1. The molecular weight excluding hydrogens is 350 g/mol. The second-order valence-electron chi connectivity index (χ2n) is 5.71. The summed E-state index contributed by atoms with van der Waals surface area (Å²) in [6, 6.07) is 11.0. The van der Waals surface area contributed by atoms with Gasteiger partial charge in [-0.2, -0.15) is 0 Å². The molecule has 26 heavy (non-hydrogen) atoms. The molecule has 4 nitrogen and oxygen atoms in total. The smallest absolute Gasteiger partial charge is 0.256 e. The molecule has 0 aliphatic carbocycles. The van der Waals surface area contributed by atoms with Crippen LogP contribution in [-0.2, 0) is 0 Å². The molecule has 0 fully saturated rings. The zero-order valence-corrected chi connectivity index (χ0v) is 15.4. The van der Waals surface area contributed by atoms with Crippen LogP contribution in [-0.4, -0.2) is 11.1 Å². The molecule has 130 valence electrons. The van der Waals surface area contributed by atoms with Crippen molar-refractivity contribution >= 4 is 26.1 Å². The summed E-state index contributed by atoms with van der Waals surface area (Å²) in [5, 5.41) is 7.36. The Balaban J connectivity index is 1.86. The third-order valence-corrected chi connectivity index (χ3v) is 4.27. The van der Waals surface area contributed by atoms with E-state index in [1.165, 1.54) is 24.3 Å². The summed E-state index contributed by atoms with van der Waals surface area (Å²) in [5.74, 6) is 6.08. The number of hydrogen-bond donors (Lipinski definition) is 1. The molecule has 0 spiro atoms. The highest BCUT2D eigenvalue weighted by molar-refractivity contribution is 7.27. The van der Waals surface area contributed by atoms with Crippen molar-refractivity contribution in [2.45, 2.75) is 13.8 Å². The van der Waals surface area contributed by atoms with Crippen LogP contribution in [0.4, 0.5) is 10.1 Å². The van der Waals surface area contributed by atoms with Gasteiger partial charge in [0.15, 0.2) is 0 Å². The van der Waals surface area contributed by atoms with Gasteiger partial charge in [-0.3, -0.25) is 4.79 Å². The Morgan fingerprint density at radius 1 is 1.15 bits per heavy atom. The van der Waals surface area contributed by atoms with Gasteiger partial charge in [0.1, 0.15) is 11.6 Å². The number of hydrogen-bond acceptors (Lipinski definition) is 3. The molecule has 1 unspecified atom stereocenters. The number of aryl methyl sites for hydroxylation is 2. The highest BCUT2D eigenvalue weighted by atomic mass is 31.0. The molecule has 1 atom stereocenters. The van der Waals surface area contributed by atoms with Crippen molar-refractivity contribution in [2.24, 2.45) is 0 Å². The average Bonchev–Trinajstić information content (AvgIpc) is 2.94. The number of carbonyl (C=O) groups is 1. The maximum Gasteiger partial charge on any atom is 0.256 e. The molecule has 2 aromatic carbocycles. The highest BCUT2D eigenvalue weighted by Crippen LogP contribution is 2.13. The Hall–Kier alpha value is -2.96. The summed E-state index contributed by atoms with van der Waals surface area (Å²) in [7, 11) is 2.53. The molecule has 3 aromatic rings. The zero-order chi connectivity index (χ0) is 18.7. The van der Waals surface area contributed by atoms with Crippen molar-refractivity contribution in [1.82, 2.24) is 5.16 Å². The number of halogens is 1. The first kappa shape index (κ1) is 17.8. The maximum atomic E-state index is 13.0. The number of amides is 1. The number of carbonyl (C=O) groups excluding carboxylic acids is 1. The fourth-order valence-electron chi connectivity index (χ4n) is 2.36. The predicted octanol–water partition coefficient (Wildman–Crippen LogP) is 3.58. The quantitative estimate of drug-likeness (QED) is 0.557. The molecule has 0 aliphatic heterocycles. The first-order valence-electron chi connectivity index (χ1n) is 7.85. The van der Waals surface area contributed by atoms with Gasteiger partial charge in [-0.15, -0.1) is 9.24 Å². The third kappa shape index (κ3) is 3.99. The van der Waals surface area contributed by atoms with E-state index in [1.54, 1.807) is 13.0 Å². The van der Waals surface area contributed by atoms with Crippen LogP contribution in [0.1, 0.15) is 32.9 Å². The topological polar surface area (TPSA) is 55.1 Å². The Kier molecular flexibility index (Phi) is 5.16. The second kappa shape index (κ2) is 7.51. The van der Waals surface area contributed by atoms with Crippen molar-refractivity contribution in [3.05, 3.63) is 76.4 Å². The Labute approximate surface area is 153 Å². The number of aromatic nitrogens is 1. The van der Waals surface area contributed by atoms with Crippen LogP contribution in [0.15, 0.2) is 47.0 Å². The van der Waals surface area contributed by atoms with Crippen molar-refractivity contribution in [1.29, 1.82) is 0 Å². The van der Waals surface area contributed by atoms with Crippen LogP contribution < -0.4 is 10.6 Å². The zero-order valence-electron chi connectivity index (χ0n) is 14.3. The molecule has 6 heteroatoms. The molecule has 0 saturated carbocycles. The lowest BCUT2D eigenvalue weighted by atomic mass is 10.1. The van der Waals surface area contributed by atoms with Gasteiger partial charge in [-0.25, -0.2) is 4.39 Å². The molecule has 3 rings (SSSR count). The van der Waals surface area contributed by atoms with E-state index in [2.05, 4.69) is 31.6 Å². The molecule has 1 amide bonds. The minimum atomic E-state index is -0.355. The van der Waals surface area contributed by atoms with Crippen LogP contribution in [0, 0.1) is 31.5 Å². The van der Waals surface area contributed by atoms with Crippen molar-refractivity contribution in [2.75, 3.05) is 5.32 Å². The van der Waals surface area contributed by atoms with Gasteiger partial charge in [-0.05, 0) is 55.6 Å². The fourth-order valence-corrected chi connectivity index (χ4v) is 2.67. The van der Waals surface area contributed by atoms with Gasteiger partial charge in [0.25, 0.3) is 5.91 Å². The van der Waals surface area contributed by atoms with Crippen LogP contribution >= 0.6 is 9.24 Å². The molecule has 0 radical (unpaired) electrons. The SMILES string of the molecule is Cc1noc(C)c1C#Cc1ccc(P)c(C(=O)Nc2ccc(F)cc2)c1. The highest BCUT2D eigenvalue weighted by Gasteiger charge is 2.11. The van der Waals surface area contributed by atoms with E-state index >= 15 is 0 Å². The second-order valence-corrected chi connectivity index (χ2v) is 6.33. The number of anilines is 1. The van der Waals surface area contributed by atoms with E-state index in [4.69, 9.17) is 4.52 Å². The van der Waals surface area contributed by atoms with Crippen LogP contribution in [0.2, 0.25) is 0 Å². The number of benzene rings is 2. The van der Waals surface area contributed by atoms with Crippen molar-refractivity contribution in [3.8, 4) is 11.8 Å². The molecule has 1 heterocycles. The largest absolute Gasteiger partial charge is 0.360 e. The van der Waals surface area contributed by atoms with Crippen LogP contribution in [0.25, 0.3) is 0 Å². The van der Waals surface area contributed by atoms with Crippen LogP contribution in [0.3, 0.4) is 0 Å². The normalized spacial score (nSPS) is 10.2. The summed E-state index contributed by atoms with van der Waals surface area (Å²) in [6.07, 6.45) is 0. The van der Waals surface area contributed by atoms with Gasteiger partial charge in [0.05, 0.1) is 11.3 Å². The molecule has 1 N–H and O–H groups in total. The standard InChI is InChI=1S/C20H16FN2O2P/c1-12-17(13(2)25-23-12)9-3-14-4-10-19(26)18(11-14)20(24)22-16-7-5-15(21)6-8-16/h4-8,10-11H,26H2,1-2H3,(H,22,24). The average molecular weight is 366 g/mol. The van der Waals surface area contributed by atoms with E-state index in [-0.39, 0.29) is 11.7 Å². The summed E-state index contributed by atoms with van der Waals surface area (Å²) in [5.41, 5.74) is 3.17. The third-order valence-electron chi connectivity index (χ3n) is 3.77. The van der Waals surface area contributed by atoms with Gasteiger partial charge in [0, 0.05) is 16.8 Å². The lowest BCUT2D eigenvalue weighted by Crippen LogP contribution is -2.18. The lowest BCUT2D eigenvalue weighted by molar-refractivity contribution is 0.102. The summed E-state index contributed by atoms with van der Waals surface area (Å²) in [4.78, 5) is 12.5. The van der Waals surface area contributed by atoms with E-state index < -0.39 is 0 Å². The lowest BCUT2D eigenvalue weighted by Gasteiger charge is -2.08. The molecule has 0 saturated heterocycles. The van der Waals surface area contributed by atoms with E-state index in [1.807, 2.05) is 19.1 Å². The Morgan fingerprint density at radius 3 is 2.54 bits per heavy atom. The van der Waals surface area contributed by atoms with Gasteiger partial charge in [-0.1, -0.05) is 23.1 Å². The monoisotopic (exact) mass is 366 g/mol. The predicted molar refractivity (Wildman–Crippen MR) is 102 cm³/mol. The first-order valence-corrected chi connectivity index (χ1v) is 8.43. The van der Waals surface area contributed by atoms with Crippen molar-refractivity contribution in [3.63, 3.8) is 0 Å². The minimum Gasteiger partial charge on any atom is -0.360 e. The van der Waals surface area contributed by atoms with Gasteiger partial charge in [0.2, 0.25) is 0 Å². The Morgan fingerprint density at radius 2 is 1.88 bits per heavy atom. The molecular formula is C20H16FN2O2P. The fraction of sp³-hybridized carbons (Fsp3) is 0.100.